The van der Waals surface area contributed by atoms with Crippen molar-refractivity contribution in [3.63, 3.8) is 0 Å². The van der Waals surface area contributed by atoms with Crippen LogP contribution < -0.4 is 24.0 Å². The zero-order valence-electron chi connectivity index (χ0n) is 7.79. The summed E-state index contributed by atoms with van der Waals surface area (Å²) in [5.41, 5.74) is 1.60. The molecule has 2 heteroatoms. The van der Waals surface area contributed by atoms with Crippen molar-refractivity contribution in [2.45, 2.75) is 13.8 Å². The fourth-order valence-electron chi connectivity index (χ4n) is 0.878. The van der Waals surface area contributed by atoms with E-state index >= 15 is 0 Å². The van der Waals surface area contributed by atoms with Crippen LogP contribution in [0.4, 0.5) is 0 Å². The third kappa shape index (κ3) is 2.77. The molecule has 0 aliphatic rings. The van der Waals surface area contributed by atoms with Gasteiger partial charge in [-0.15, -0.1) is 5.76 Å². The fourth-order valence-corrected chi connectivity index (χ4v) is 0.878. The van der Waals surface area contributed by atoms with Gasteiger partial charge in [0.25, 0.3) is 0 Å². The molecule has 0 spiro atoms. The SMILES string of the molecule is CC(C)=C([O-])c1ccccc1.[Li+]. The summed E-state index contributed by atoms with van der Waals surface area (Å²) in [4.78, 5) is 0. The van der Waals surface area contributed by atoms with Gasteiger partial charge in [-0.3, -0.25) is 0 Å². The summed E-state index contributed by atoms with van der Waals surface area (Å²) in [5, 5.41) is 11.3. The zero-order valence-corrected chi connectivity index (χ0v) is 7.79. The molecule has 1 aromatic carbocycles. The number of benzene rings is 1. The van der Waals surface area contributed by atoms with Crippen LogP contribution in [0.25, 0.3) is 5.76 Å². The number of allylic oxidation sites excluding steroid dienone is 1. The maximum Gasteiger partial charge on any atom is 1.00 e. The van der Waals surface area contributed by atoms with E-state index < -0.39 is 0 Å². The Hall–Kier alpha value is -0.643. The second-order valence-corrected chi connectivity index (χ2v) is 2.70. The smallest absolute Gasteiger partial charge is 0.872 e. The maximum atomic E-state index is 11.3. The molecule has 0 aliphatic carbocycles. The van der Waals surface area contributed by atoms with Crippen LogP contribution >= 0.6 is 0 Å². The van der Waals surface area contributed by atoms with E-state index in [-0.39, 0.29) is 24.6 Å². The Morgan fingerprint density at radius 1 is 1.08 bits per heavy atom. The molecule has 0 saturated heterocycles. The molecule has 1 rings (SSSR count). The van der Waals surface area contributed by atoms with Crippen molar-refractivity contribution in [2.24, 2.45) is 0 Å². The van der Waals surface area contributed by atoms with E-state index in [0.717, 1.165) is 11.1 Å². The van der Waals surface area contributed by atoms with Crippen LogP contribution in [0, 0.1) is 0 Å². The predicted octanol–water partition coefficient (Wildman–Crippen LogP) is -1.20. The average Bonchev–Trinajstić information content (AvgIpc) is 2.05. The van der Waals surface area contributed by atoms with Gasteiger partial charge in [-0.2, -0.15) is 0 Å². The third-order valence-electron chi connectivity index (χ3n) is 1.49. The van der Waals surface area contributed by atoms with E-state index in [1.165, 1.54) is 0 Å². The summed E-state index contributed by atoms with van der Waals surface area (Å²) >= 11 is 0. The molecule has 12 heavy (non-hydrogen) atoms. The third-order valence-corrected chi connectivity index (χ3v) is 1.49. The molecule has 0 aliphatic heterocycles. The largest absolute Gasteiger partial charge is 1.00 e. The Morgan fingerprint density at radius 2 is 1.58 bits per heavy atom. The van der Waals surface area contributed by atoms with Gasteiger partial charge in [-0.1, -0.05) is 35.9 Å². The van der Waals surface area contributed by atoms with E-state index in [1.807, 2.05) is 44.2 Å². The fraction of sp³-hybridized carbons (Fsp3) is 0.200. The van der Waals surface area contributed by atoms with Crippen molar-refractivity contribution in [3.05, 3.63) is 41.5 Å². The average molecular weight is 154 g/mol. The molecule has 0 bridgehead atoms. The van der Waals surface area contributed by atoms with Gasteiger partial charge < -0.3 is 5.11 Å². The van der Waals surface area contributed by atoms with Gasteiger partial charge in [-0.05, 0) is 19.4 Å². The van der Waals surface area contributed by atoms with Gasteiger partial charge in [-0.25, -0.2) is 0 Å². The summed E-state index contributed by atoms with van der Waals surface area (Å²) in [6, 6.07) is 9.30. The Bertz CT molecular complexity index is 260. The minimum atomic E-state index is 0. The second kappa shape index (κ2) is 5.08. The van der Waals surface area contributed by atoms with Crippen molar-refractivity contribution < 1.29 is 24.0 Å². The molecule has 1 nitrogen and oxygen atoms in total. The van der Waals surface area contributed by atoms with Crippen LogP contribution in [0.15, 0.2) is 35.9 Å². The summed E-state index contributed by atoms with van der Waals surface area (Å²) in [6.07, 6.45) is 0. The summed E-state index contributed by atoms with van der Waals surface area (Å²) < 4.78 is 0. The Balaban J connectivity index is 0.00000121. The standard InChI is InChI=1S/C10H12O.Li/c1-8(2)10(11)9-6-4-3-5-7-9;/h3-7,11H,1-2H3;/q;+1/p-1. The normalized spacial score (nSPS) is 8.50. The molecular formula is C10H11LiO. The molecule has 0 fully saturated rings. The van der Waals surface area contributed by atoms with Crippen molar-refractivity contribution in [1.82, 2.24) is 0 Å². The van der Waals surface area contributed by atoms with Gasteiger partial charge in [0, 0.05) is 0 Å². The topological polar surface area (TPSA) is 23.1 Å². The number of hydrogen-bond acceptors (Lipinski definition) is 1. The van der Waals surface area contributed by atoms with Crippen LogP contribution in [0.1, 0.15) is 19.4 Å². The molecule has 0 atom stereocenters. The van der Waals surface area contributed by atoms with E-state index in [4.69, 9.17) is 0 Å². The molecule has 0 unspecified atom stereocenters. The van der Waals surface area contributed by atoms with Crippen LogP contribution in [0.5, 0.6) is 0 Å². The molecule has 0 radical (unpaired) electrons. The molecule has 1 aromatic rings. The molecule has 0 N–H and O–H groups in total. The summed E-state index contributed by atoms with van der Waals surface area (Å²) in [6.45, 7) is 3.66. The van der Waals surface area contributed by atoms with Crippen molar-refractivity contribution in [1.29, 1.82) is 0 Å². The quantitative estimate of drug-likeness (QED) is 0.368. The van der Waals surface area contributed by atoms with Gasteiger partial charge in [0.15, 0.2) is 0 Å². The van der Waals surface area contributed by atoms with Crippen molar-refractivity contribution in [3.8, 4) is 0 Å². The van der Waals surface area contributed by atoms with Gasteiger partial charge in [0.1, 0.15) is 0 Å². The summed E-state index contributed by atoms with van der Waals surface area (Å²) in [7, 11) is 0. The molecular weight excluding hydrogens is 143 g/mol. The van der Waals surface area contributed by atoms with Crippen LogP contribution in [-0.4, -0.2) is 0 Å². The van der Waals surface area contributed by atoms with Crippen molar-refractivity contribution >= 4 is 5.76 Å². The first-order valence-electron chi connectivity index (χ1n) is 3.61. The molecule has 58 valence electrons. The number of hydrogen-bond donors (Lipinski definition) is 0. The van der Waals surface area contributed by atoms with Gasteiger partial charge in [0.2, 0.25) is 0 Å². The Labute approximate surface area is 85.3 Å². The molecule has 0 aromatic heterocycles. The Morgan fingerprint density at radius 3 is 2.00 bits per heavy atom. The van der Waals surface area contributed by atoms with E-state index in [2.05, 4.69) is 0 Å². The van der Waals surface area contributed by atoms with Crippen molar-refractivity contribution in [2.75, 3.05) is 0 Å². The minimum Gasteiger partial charge on any atom is -0.872 e. The summed E-state index contributed by atoms with van der Waals surface area (Å²) in [5.74, 6) is 0.130. The first-order valence-corrected chi connectivity index (χ1v) is 3.61. The number of rotatable bonds is 1. The molecule has 0 heterocycles. The van der Waals surface area contributed by atoms with Gasteiger partial charge in [0.05, 0.1) is 0 Å². The van der Waals surface area contributed by atoms with Gasteiger partial charge >= 0.3 is 18.9 Å². The van der Waals surface area contributed by atoms with E-state index in [1.54, 1.807) is 0 Å². The molecule has 0 amide bonds. The maximum absolute atomic E-state index is 11.3. The molecule has 0 saturated carbocycles. The first-order chi connectivity index (χ1) is 5.22. The predicted molar refractivity (Wildman–Crippen MR) is 44.7 cm³/mol. The van der Waals surface area contributed by atoms with Crippen LogP contribution in [-0.2, 0) is 0 Å². The Kier molecular flexibility index (Phi) is 4.81. The zero-order chi connectivity index (χ0) is 8.27. The van der Waals surface area contributed by atoms with Crippen LogP contribution in [0.3, 0.4) is 0 Å². The monoisotopic (exact) mass is 154 g/mol. The minimum absolute atomic E-state index is 0. The van der Waals surface area contributed by atoms with E-state index in [0.29, 0.717) is 0 Å². The van der Waals surface area contributed by atoms with Crippen LogP contribution in [0.2, 0.25) is 0 Å². The van der Waals surface area contributed by atoms with E-state index in [9.17, 15) is 5.11 Å². The second-order valence-electron chi connectivity index (χ2n) is 2.70. The first kappa shape index (κ1) is 11.4.